The van der Waals surface area contributed by atoms with Gasteiger partial charge in [-0.05, 0) is 47.6 Å². The van der Waals surface area contributed by atoms with Gasteiger partial charge in [-0.1, -0.05) is 61.5 Å². The number of phenolic OH excluding ortho intramolecular Hbond substituents is 1. The van der Waals surface area contributed by atoms with Crippen molar-refractivity contribution in [1.82, 2.24) is 0 Å². The number of rotatable bonds is 7. The van der Waals surface area contributed by atoms with Crippen LogP contribution in [-0.2, 0) is 4.74 Å². The molecular formula is C24H24O3S. The minimum absolute atomic E-state index is 0.00588. The van der Waals surface area contributed by atoms with E-state index in [2.05, 4.69) is 19.1 Å². The summed E-state index contributed by atoms with van der Waals surface area (Å²) in [5.74, 6) is 0.890. The standard InChI is InChI=1S/C24H24O3S/c1-3-27-24(26)18-11-9-10-17(16-18)19-12-5-6-13-20(19)23(28-4-2)21-14-7-8-15-22(21)25/h5-16,23,25H,3-4H2,1-2H3. The maximum Gasteiger partial charge on any atom is 0.338 e. The second-order valence-corrected chi connectivity index (χ2v) is 7.66. The van der Waals surface area contributed by atoms with Crippen molar-refractivity contribution >= 4 is 17.7 Å². The van der Waals surface area contributed by atoms with Crippen molar-refractivity contribution in [1.29, 1.82) is 0 Å². The Morgan fingerprint density at radius 1 is 0.964 bits per heavy atom. The summed E-state index contributed by atoms with van der Waals surface area (Å²) >= 11 is 1.77. The molecule has 3 nitrogen and oxygen atoms in total. The number of para-hydroxylation sites is 1. The van der Waals surface area contributed by atoms with Crippen molar-refractivity contribution in [3.8, 4) is 16.9 Å². The first-order chi connectivity index (χ1) is 13.7. The number of benzene rings is 3. The third-order valence-corrected chi connectivity index (χ3v) is 5.66. The topological polar surface area (TPSA) is 46.5 Å². The first-order valence-electron chi connectivity index (χ1n) is 9.41. The fraction of sp³-hybridized carbons (Fsp3) is 0.208. The van der Waals surface area contributed by atoms with Crippen LogP contribution < -0.4 is 0 Å². The average molecular weight is 393 g/mol. The van der Waals surface area contributed by atoms with Gasteiger partial charge in [0.15, 0.2) is 0 Å². The van der Waals surface area contributed by atoms with Gasteiger partial charge in [0.1, 0.15) is 5.75 Å². The monoisotopic (exact) mass is 392 g/mol. The molecule has 0 saturated heterocycles. The Kier molecular flexibility index (Phi) is 6.77. The van der Waals surface area contributed by atoms with Gasteiger partial charge in [0.25, 0.3) is 0 Å². The molecule has 0 fully saturated rings. The van der Waals surface area contributed by atoms with Crippen LogP contribution in [0.2, 0.25) is 0 Å². The molecule has 1 atom stereocenters. The lowest BCUT2D eigenvalue weighted by atomic mass is 9.93. The maximum atomic E-state index is 12.2. The fourth-order valence-corrected chi connectivity index (χ4v) is 4.34. The van der Waals surface area contributed by atoms with Gasteiger partial charge in [-0.2, -0.15) is 0 Å². The van der Waals surface area contributed by atoms with Crippen molar-refractivity contribution in [2.24, 2.45) is 0 Å². The van der Waals surface area contributed by atoms with E-state index in [1.54, 1.807) is 30.8 Å². The van der Waals surface area contributed by atoms with Crippen LogP contribution >= 0.6 is 11.8 Å². The summed E-state index contributed by atoms with van der Waals surface area (Å²) in [6.07, 6.45) is 0. The van der Waals surface area contributed by atoms with Crippen molar-refractivity contribution in [2.45, 2.75) is 19.1 Å². The highest BCUT2D eigenvalue weighted by molar-refractivity contribution is 7.99. The highest BCUT2D eigenvalue weighted by atomic mass is 32.2. The van der Waals surface area contributed by atoms with Crippen molar-refractivity contribution in [3.05, 3.63) is 89.5 Å². The zero-order chi connectivity index (χ0) is 19.9. The predicted octanol–water partition coefficient (Wildman–Crippen LogP) is 6.08. The molecule has 0 aliphatic rings. The molecule has 0 bridgehead atoms. The molecule has 1 N–H and O–H groups in total. The Morgan fingerprint density at radius 3 is 2.39 bits per heavy atom. The van der Waals surface area contributed by atoms with Gasteiger partial charge in [0.05, 0.1) is 17.4 Å². The molecular weight excluding hydrogens is 368 g/mol. The Hall–Kier alpha value is -2.72. The van der Waals surface area contributed by atoms with Crippen LogP contribution in [0.4, 0.5) is 0 Å². The number of hydrogen-bond acceptors (Lipinski definition) is 4. The van der Waals surface area contributed by atoms with Gasteiger partial charge in [0, 0.05) is 5.56 Å². The summed E-state index contributed by atoms with van der Waals surface area (Å²) in [6.45, 7) is 4.26. The smallest absolute Gasteiger partial charge is 0.338 e. The van der Waals surface area contributed by atoms with E-state index in [1.165, 1.54) is 0 Å². The van der Waals surface area contributed by atoms with Gasteiger partial charge in [-0.25, -0.2) is 4.79 Å². The van der Waals surface area contributed by atoms with Crippen LogP contribution in [0.1, 0.15) is 40.6 Å². The predicted molar refractivity (Wildman–Crippen MR) is 116 cm³/mol. The largest absolute Gasteiger partial charge is 0.508 e. The Labute approximate surface area is 170 Å². The SMILES string of the molecule is CCOC(=O)c1cccc(-c2ccccc2C(SCC)c2ccccc2O)c1. The third kappa shape index (κ3) is 4.39. The molecule has 0 radical (unpaired) electrons. The Balaban J connectivity index is 2.09. The number of thioether (sulfide) groups is 1. The molecule has 0 aromatic heterocycles. The minimum atomic E-state index is -0.318. The summed E-state index contributed by atoms with van der Waals surface area (Å²) in [5, 5.41) is 10.4. The molecule has 3 rings (SSSR count). The molecule has 1 unspecified atom stereocenters. The molecule has 28 heavy (non-hydrogen) atoms. The van der Waals surface area contributed by atoms with E-state index >= 15 is 0 Å². The fourth-order valence-electron chi connectivity index (χ4n) is 3.24. The van der Waals surface area contributed by atoms with E-state index in [0.717, 1.165) is 28.0 Å². The third-order valence-electron chi connectivity index (χ3n) is 4.48. The summed E-state index contributed by atoms with van der Waals surface area (Å²) in [6, 6.07) is 23.1. The number of phenols is 1. The van der Waals surface area contributed by atoms with Crippen LogP contribution in [0.5, 0.6) is 5.75 Å². The number of hydrogen-bond donors (Lipinski definition) is 1. The summed E-state index contributed by atoms with van der Waals surface area (Å²) in [4.78, 5) is 12.2. The minimum Gasteiger partial charge on any atom is -0.508 e. The highest BCUT2D eigenvalue weighted by Crippen LogP contribution is 2.43. The number of esters is 1. The second kappa shape index (κ2) is 9.47. The van der Waals surface area contributed by atoms with Crippen molar-refractivity contribution < 1.29 is 14.6 Å². The van der Waals surface area contributed by atoms with Gasteiger partial charge in [0.2, 0.25) is 0 Å². The Bertz CT molecular complexity index is 952. The zero-order valence-corrected chi connectivity index (χ0v) is 16.9. The quantitative estimate of drug-likeness (QED) is 0.495. The van der Waals surface area contributed by atoms with Crippen LogP contribution in [0.3, 0.4) is 0 Å². The first kappa shape index (κ1) is 20.0. The molecule has 4 heteroatoms. The Morgan fingerprint density at radius 2 is 1.68 bits per heavy atom. The number of carbonyl (C=O) groups is 1. The van der Waals surface area contributed by atoms with Crippen molar-refractivity contribution in [2.75, 3.05) is 12.4 Å². The van der Waals surface area contributed by atoms with E-state index in [4.69, 9.17) is 4.74 Å². The number of ether oxygens (including phenoxy) is 1. The van der Waals surface area contributed by atoms with Crippen LogP contribution in [0.25, 0.3) is 11.1 Å². The molecule has 3 aromatic carbocycles. The molecule has 0 saturated carbocycles. The van der Waals surface area contributed by atoms with E-state index in [1.807, 2.05) is 48.5 Å². The summed E-state index contributed by atoms with van der Waals surface area (Å²) < 4.78 is 5.14. The number of carbonyl (C=O) groups excluding carboxylic acids is 1. The molecule has 3 aromatic rings. The molecule has 144 valence electrons. The van der Waals surface area contributed by atoms with Crippen LogP contribution in [0, 0.1) is 0 Å². The lowest BCUT2D eigenvalue weighted by Crippen LogP contribution is -2.05. The summed E-state index contributed by atoms with van der Waals surface area (Å²) in [5.41, 5.74) is 4.54. The zero-order valence-electron chi connectivity index (χ0n) is 16.1. The lowest BCUT2D eigenvalue weighted by molar-refractivity contribution is 0.0526. The van der Waals surface area contributed by atoms with E-state index in [9.17, 15) is 9.90 Å². The lowest BCUT2D eigenvalue weighted by Gasteiger charge is -2.21. The second-order valence-electron chi connectivity index (χ2n) is 6.28. The van der Waals surface area contributed by atoms with Gasteiger partial charge < -0.3 is 9.84 Å². The number of aromatic hydroxyl groups is 1. The van der Waals surface area contributed by atoms with Crippen LogP contribution in [-0.4, -0.2) is 23.4 Å². The van der Waals surface area contributed by atoms with E-state index in [-0.39, 0.29) is 11.2 Å². The molecule has 0 heterocycles. The van der Waals surface area contributed by atoms with Crippen molar-refractivity contribution in [3.63, 3.8) is 0 Å². The highest BCUT2D eigenvalue weighted by Gasteiger charge is 2.21. The van der Waals surface area contributed by atoms with E-state index in [0.29, 0.717) is 17.9 Å². The van der Waals surface area contributed by atoms with Crippen LogP contribution in [0.15, 0.2) is 72.8 Å². The average Bonchev–Trinajstić information content (AvgIpc) is 2.73. The van der Waals surface area contributed by atoms with Gasteiger partial charge in [-0.15, -0.1) is 11.8 Å². The molecule has 0 spiro atoms. The van der Waals surface area contributed by atoms with Gasteiger partial charge in [-0.3, -0.25) is 0 Å². The maximum absolute atomic E-state index is 12.2. The normalized spacial score (nSPS) is 11.8. The molecule has 0 aliphatic heterocycles. The molecule has 0 amide bonds. The molecule has 0 aliphatic carbocycles. The van der Waals surface area contributed by atoms with Gasteiger partial charge >= 0.3 is 5.97 Å². The summed E-state index contributed by atoms with van der Waals surface area (Å²) in [7, 11) is 0. The first-order valence-corrected chi connectivity index (χ1v) is 10.5. The van der Waals surface area contributed by atoms with E-state index < -0.39 is 0 Å².